The van der Waals surface area contributed by atoms with Crippen LogP contribution in [-0.4, -0.2) is 44.9 Å². The zero-order chi connectivity index (χ0) is 22.0. The average Bonchev–Trinajstić information content (AvgIpc) is 3.12. The van der Waals surface area contributed by atoms with Crippen LogP contribution in [0.3, 0.4) is 0 Å². The highest BCUT2D eigenvalue weighted by Gasteiger charge is 2.24. The maximum Gasteiger partial charge on any atom is 0.335 e. The van der Waals surface area contributed by atoms with Gasteiger partial charge in [-0.3, -0.25) is 10.2 Å². The van der Waals surface area contributed by atoms with Crippen molar-refractivity contribution in [1.82, 2.24) is 20.2 Å². The Morgan fingerprint density at radius 3 is 2.26 bits per heavy atom. The van der Waals surface area contributed by atoms with Crippen molar-refractivity contribution >= 4 is 23.5 Å². The van der Waals surface area contributed by atoms with E-state index in [1.165, 1.54) is 18.6 Å². The number of nitrogens with zero attached hydrogens (tertiary/aromatic N) is 3. The molecule has 1 saturated heterocycles. The van der Waals surface area contributed by atoms with Crippen LogP contribution < -0.4 is 5.43 Å². The Kier molecular flexibility index (Phi) is 6.06. The standard InChI is InChI=1S/C23H23ClN4O3/c1-15-20(22(29)26-27-13-3-2-4-14-27)25-28(19-11-7-17(8-12-19)23(30)31)21(15)16-5-9-18(24)10-6-16/h5-12H,2-4,13-14H2,1H3,(H,26,29)(H,30,31). The minimum atomic E-state index is -0.997. The number of hydrazine groups is 1. The topological polar surface area (TPSA) is 87.5 Å². The largest absolute Gasteiger partial charge is 0.478 e. The molecule has 2 N–H and O–H groups in total. The molecule has 0 spiro atoms. The highest BCUT2D eigenvalue weighted by atomic mass is 35.5. The molecule has 7 nitrogen and oxygen atoms in total. The van der Waals surface area contributed by atoms with Crippen molar-refractivity contribution in [1.29, 1.82) is 0 Å². The molecular formula is C23H23ClN4O3. The highest BCUT2D eigenvalue weighted by Crippen LogP contribution is 2.30. The van der Waals surface area contributed by atoms with Gasteiger partial charge in [0.15, 0.2) is 5.69 Å². The summed E-state index contributed by atoms with van der Waals surface area (Å²) in [5.41, 5.74) is 6.49. The Hall–Kier alpha value is -3.16. The third-order valence-electron chi connectivity index (χ3n) is 5.43. The average molecular weight is 439 g/mol. The van der Waals surface area contributed by atoms with Gasteiger partial charge in [-0.05, 0) is 56.2 Å². The summed E-state index contributed by atoms with van der Waals surface area (Å²) in [6, 6.07) is 13.7. The molecule has 2 aromatic carbocycles. The van der Waals surface area contributed by atoms with Gasteiger partial charge in [-0.1, -0.05) is 30.2 Å². The van der Waals surface area contributed by atoms with Crippen molar-refractivity contribution in [2.24, 2.45) is 0 Å². The first kappa shape index (κ1) is 21.1. The Labute approximate surface area is 185 Å². The number of halogens is 1. The molecule has 160 valence electrons. The number of piperidine rings is 1. The summed E-state index contributed by atoms with van der Waals surface area (Å²) in [6.45, 7) is 3.52. The fraction of sp³-hybridized carbons (Fsp3) is 0.261. The molecule has 0 saturated carbocycles. The predicted molar refractivity (Wildman–Crippen MR) is 119 cm³/mol. The summed E-state index contributed by atoms with van der Waals surface area (Å²) in [6.07, 6.45) is 3.28. The van der Waals surface area contributed by atoms with Crippen LogP contribution in [0, 0.1) is 6.92 Å². The van der Waals surface area contributed by atoms with Gasteiger partial charge in [0.2, 0.25) is 0 Å². The lowest BCUT2D eigenvalue weighted by atomic mass is 10.1. The number of carboxylic acid groups (broad SMARTS) is 1. The van der Waals surface area contributed by atoms with Crippen LogP contribution >= 0.6 is 11.6 Å². The first-order chi connectivity index (χ1) is 14.9. The first-order valence-corrected chi connectivity index (χ1v) is 10.6. The molecule has 1 amide bonds. The third kappa shape index (κ3) is 4.47. The first-order valence-electron chi connectivity index (χ1n) is 10.2. The van der Waals surface area contributed by atoms with Gasteiger partial charge in [0.05, 0.1) is 16.9 Å². The van der Waals surface area contributed by atoms with E-state index in [9.17, 15) is 14.7 Å². The number of amides is 1. The molecule has 4 rings (SSSR count). The lowest BCUT2D eigenvalue weighted by Crippen LogP contribution is -2.45. The molecule has 3 aromatic rings. The van der Waals surface area contributed by atoms with E-state index in [0.717, 1.165) is 42.8 Å². The summed E-state index contributed by atoms with van der Waals surface area (Å²) in [5.74, 6) is -1.25. The van der Waals surface area contributed by atoms with Crippen molar-refractivity contribution < 1.29 is 14.7 Å². The summed E-state index contributed by atoms with van der Waals surface area (Å²) in [4.78, 5) is 24.2. The SMILES string of the molecule is Cc1c(C(=O)NN2CCCCC2)nn(-c2ccc(C(=O)O)cc2)c1-c1ccc(Cl)cc1. The van der Waals surface area contributed by atoms with Crippen molar-refractivity contribution in [3.8, 4) is 16.9 Å². The number of carboxylic acids is 1. The summed E-state index contributed by atoms with van der Waals surface area (Å²) < 4.78 is 1.68. The van der Waals surface area contributed by atoms with E-state index in [4.69, 9.17) is 11.6 Å². The van der Waals surface area contributed by atoms with E-state index < -0.39 is 5.97 Å². The van der Waals surface area contributed by atoms with Gasteiger partial charge in [-0.15, -0.1) is 0 Å². The predicted octanol–water partition coefficient (Wildman–Crippen LogP) is 4.33. The zero-order valence-corrected chi connectivity index (χ0v) is 17.9. The maximum absolute atomic E-state index is 13.0. The van der Waals surface area contributed by atoms with Crippen LogP contribution in [-0.2, 0) is 0 Å². The summed E-state index contributed by atoms with van der Waals surface area (Å²) in [5, 5.41) is 16.4. The van der Waals surface area contributed by atoms with Gasteiger partial charge in [-0.2, -0.15) is 5.10 Å². The lowest BCUT2D eigenvalue weighted by Gasteiger charge is -2.26. The summed E-state index contributed by atoms with van der Waals surface area (Å²) in [7, 11) is 0. The zero-order valence-electron chi connectivity index (χ0n) is 17.1. The molecule has 0 atom stereocenters. The molecule has 31 heavy (non-hydrogen) atoms. The minimum Gasteiger partial charge on any atom is -0.478 e. The molecule has 1 aliphatic heterocycles. The van der Waals surface area contributed by atoms with E-state index in [2.05, 4.69) is 10.5 Å². The van der Waals surface area contributed by atoms with Crippen LogP contribution in [0.1, 0.15) is 45.7 Å². The van der Waals surface area contributed by atoms with Crippen LogP contribution in [0.25, 0.3) is 16.9 Å². The van der Waals surface area contributed by atoms with Gasteiger partial charge in [-0.25, -0.2) is 14.5 Å². The van der Waals surface area contributed by atoms with Crippen molar-refractivity contribution in [3.05, 3.63) is 70.4 Å². The maximum atomic E-state index is 13.0. The number of carbonyl (C=O) groups is 2. The van der Waals surface area contributed by atoms with Crippen LogP contribution in [0.5, 0.6) is 0 Å². The molecule has 2 heterocycles. The molecule has 0 bridgehead atoms. The van der Waals surface area contributed by atoms with Gasteiger partial charge < -0.3 is 5.11 Å². The highest BCUT2D eigenvalue weighted by molar-refractivity contribution is 6.30. The number of aromatic carboxylic acids is 1. The van der Waals surface area contributed by atoms with E-state index in [1.54, 1.807) is 28.9 Å². The molecule has 1 aliphatic rings. The van der Waals surface area contributed by atoms with Crippen molar-refractivity contribution in [2.75, 3.05) is 13.1 Å². The number of rotatable bonds is 5. The lowest BCUT2D eigenvalue weighted by molar-refractivity contribution is 0.0695. The molecule has 0 unspecified atom stereocenters. The number of hydrogen-bond acceptors (Lipinski definition) is 4. The number of carbonyl (C=O) groups excluding carboxylic acids is 1. The third-order valence-corrected chi connectivity index (χ3v) is 5.68. The number of hydrogen-bond donors (Lipinski definition) is 2. The molecular weight excluding hydrogens is 416 g/mol. The monoisotopic (exact) mass is 438 g/mol. The molecule has 0 radical (unpaired) electrons. The van der Waals surface area contributed by atoms with E-state index >= 15 is 0 Å². The van der Waals surface area contributed by atoms with E-state index in [0.29, 0.717) is 16.4 Å². The minimum absolute atomic E-state index is 0.184. The Balaban J connectivity index is 1.76. The van der Waals surface area contributed by atoms with Crippen molar-refractivity contribution in [3.63, 3.8) is 0 Å². The van der Waals surface area contributed by atoms with Crippen LogP contribution in [0.2, 0.25) is 5.02 Å². The normalized spacial score (nSPS) is 14.4. The molecule has 1 aromatic heterocycles. The molecule has 0 aliphatic carbocycles. The second-order valence-corrected chi connectivity index (χ2v) is 8.02. The second kappa shape index (κ2) is 8.91. The van der Waals surface area contributed by atoms with E-state index in [1.807, 2.05) is 24.1 Å². The number of aromatic nitrogens is 2. The second-order valence-electron chi connectivity index (χ2n) is 7.58. The fourth-order valence-corrected chi connectivity index (χ4v) is 3.92. The van der Waals surface area contributed by atoms with Crippen molar-refractivity contribution in [2.45, 2.75) is 26.2 Å². The Morgan fingerprint density at radius 1 is 1.00 bits per heavy atom. The van der Waals surface area contributed by atoms with E-state index in [-0.39, 0.29) is 11.5 Å². The van der Waals surface area contributed by atoms with Crippen LogP contribution in [0.15, 0.2) is 48.5 Å². The van der Waals surface area contributed by atoms with Gasteiger partial charge in [0, 0.05) is 29.2 Å². The number of benzene rings is 2. The Morgan fingerprint density at radius 2 is 1.65 bits per heavy atom. The van der Waals surface area contributed by atoms with Gasteiger partial charge >= 0.3 is 5.97 Å². The van der Waals surface area contributed by atoms with Gasteiger partial charge in [0.25, 0.3) is 5.91 Å². The molecule has 1 fully saturated rings. The fourth-order valence-electron chi connectivity index (χ4n) is 3.79. The smallest absolute Gasteiger partial charge is 0.335 e. The Bertz CT molecular complexity index is 1100. The van der Waals surface area contributed by atoms with Gasteiger partial charge in [0.1, 0.15) is 0 Å². The summed E-state index contributed by atoms with van der Waals surface area (Å²) >= 11 is 6.06. The van der Waals surface area contributed by atoms with Crippen LogP contribution in [0.4, 0.5) is 0 Å². The number of nitrogens with one attached hydrogen (secondary N) is 1. The molecule has 8 heteroatoms. The quantitative estimate of drug-likeness (QED) is 0.619.